The maximum Gasteiger partial charge on any atom is 0.211 e. The van der Waals surface area contributed by atoms with E-state index in [0.29, 0.717) is 6.41 Å². The maximum atomic E-state index is 10.3. The number of hydrogen-bond donors (Lipinski definition) is 1. The molecule has 4 heteroatoms. The zero-order valence-corrected chi connectivity index (χ0v) is 8.43. The van der Waals surface area contributed by atoms with Crippen molar-refractivity contribution in [3.63, 3.8) is 0 Å². The second kappa shape index (κ2) is 3.67. The minimum atomic E-state index is 0.682. The van der Waals surface area contributed by atoms with Crippen LogP contribution in [0.25, 0.3) is 10.1 Å². The molecule has 72 valence electrons. The second-order valence-electron chi connectivity index (χ2n) is 2.77. The zero-order valence-electron chi connectivity index (χ0n) is 7.61. The molecule has 0 aliphatic heterocycles. The van der Waals surface area contributed by atoms with E-state index in [1.54, 1.807) is 18.4 Å². The van der Waals surface area contributed by atoms with Crippen molar-refractivity contribution in [2.75, 3.05) is 12.4 Å². The monoisotopic (exact) mass is 207 g/mol. The lowest BCUT2D eigenvalue weighted by Crippen LogP contribution is -1.91. The molecule has 0 radical (unpaired) electrons. The summed E-state index contributed by atoms with van der Waals surface area (Å²) in [5, 5.41) is 5.59. The second-order valence-corrected chi connectivity index (χ2v) is 3.68. The van der Waals surface area contributed by atoms with Crippen LogP contribution in [-0.4, -0.2) is 13.5 Å². The van der Waals surface area contributed by atoms with Gasteiger partial charge in [-0.25, -0.2) is 0 Å². The predicted octanol–water partition coefficient (Wildman–Crippen LogP) is 2.48. The first-order chi connectivity index (χ1) is 6.85. The van der Waals surface area contributed by atoms with Gasteiger partial charge in [-0.3, -0.25) is 4.79 Å². The topological polar surface area (TPSA) is 38.3 Å². The van der Waals surface area contributed by atoms with E-state index in [1.807, 2.05) is 23.6 Å². The Morgan fingerprint density at radius 2 is 2.36 bits per heavy atom. The summed E-state index contributed by atoms with van der Waals surface area (Å²) in [7, 11) is 1.63. The largest absolute Gasteiger partial charge is 0.497 e. The highest BCUT2D eigenvalue weighted by Gasteiger charge is 2.03. The summed E-state index contributed by atoms with van der Waals surface area (Å²) in [5.41, 5.74) is 0.832. The molecule has 0 unspecified atom stereocenters. The van der Waals surface area contributed by atoms with Gasteiger partial charge in [0.05, 0.1) is 12.8 Å². The van der Waals surface area contributed by atoms with Gasteiger partial charge in [0.2, 0.25) is 6.41 Å². The van der Waals surface area contributed by atoms with Gasteiger partial charge in [0.15, 0.2) is 0 Å². The Balaban J connectivity index is 2.57. The van der Waals surface area contributed by atoms with Gasteiger partial charge in [-0.2, -0.15) is 0 Å². The Labute approximate surface area is 85.3 Å². The van der Waals surface area contributed by atoms with Crippen LogP contribution in [0.4, 0.5) is 5.69 Å². The van der Waals surface area contributed by atoms with Crippen molar-refractivity contribution in [1.82, 2.24) is 0 Å². The Hall–Kier alpha value is -1.55. The lowest BCUT2D eigenvalue weighted by molar-refractivity contribution is -0.105. The van der Waals surface area contributed by atoms with E-state index in [9.17, 15) is 4.79 Å². The van der Waals surface area contributed by atoms with Gasteiger partial charge < -0.3 is 10.1 Å². The standard InChI is InChI=1S/C10H9NO2S/c1-13-7-2-3-10-8(4-7)9(5-14-10)11-6-12/h2-6H,1H3,(H,11,12). The van der Waals surface area contributed by atoms with Gasteiger partial charge in [-0.15, -0.1) is 11.3 Å². The fraction of sp³-hybridized carbons (Fsp3) is 0.100. The lowest BCUT2D eigenvalue weighted by atomic mass is 10.2. The van der Waals surface area contributed by atoms with E-state index in [4.69, 9.17) is 4.74 Å². The van der Waals surface area contributed by atoms with Gasteiger partial charge in [0.1, 0.15) is 5.75 Å². The van der Waals surface area contributed by atoms with Gasteiger partial charge in [0, 0.05) is 15.5 Å². The molecule has 1 aromatic carbocycles. The molecule has 2 rings (SSSR count). The Bertz CT molecular complexity index is 464. The van der Waals surface area contributed by atoms with Crippen LogP contribution in [0.5, 0.6) is 5.75 Å². The van der Waals surface area contributed by atoms with Crippen LogP contribution in [0, 0.1) is 0 Å². The van der Waals surface area contributed by atoms with Crippen molar-refractivity contribution in [3.05, 3.63) is 23.6 Å². The molecule has 0 spiro atoms. The molecule has 14 heavy (non-hydrogen) atoms. The normalized spacial score (nSPS) is 10.1. The van der Waals surface area contributed by atoms with Crippen molar-refractivity contribution in [2.24, 2.45) is 0 Å². The number of anilines is 1. The van der Waals surface area contributed by atoms with Gasteiger partial charge in [-0.1, -0.05) is 0 Å². The first-order valence-corrected chi connectivity index (χ1v) is 4.98. The molecule has 0 atom stereocenters. The van der Waals surface area contributed by atoms with Gasteiger partial charge >= 0.3 is 0 Å². The van der Waals surface area contributed by atoms with Gasteiger partial charge in [-0.05, 0) is 18.2 Å². The number of amides is 1. The summed E-state index contributed by atoms with van der Waals surface area (Å²) in [6.07, 6.45) is 0.682. The average Bonchev–Trinajstić information content (AvgIpc) is 2.61. The van der Waals surface area contributed by atoms with Crippen molar-refractivity contribution in [2.45, 2.75) is 0 Å². The molecular formula is C10H9NO2S. The third kappa shape index (κ3) is 1.44. The summed E-state index contributed by atoms with van der Waals surface area (Å²) in [5.74, 6) is 0.796. The van der Waals surface area contributed by atoms with Gasteiger partial charge in [0.25, 0.3) is 0 Å². The maximum absolute atomic E-state index is 10.3. The fourth-order valence-electron chi connectivity index (χ4n) is 1.31. The summed E-state index contributed by atoms with van der Waals surface area (Å²) in [6.45, 7) is 0. The minimum Gasteiger partial charge on any atom is -0.497 e. The Kier molecular flexibility index (Phi) is 2.37. The fourth-order valence-corrected chi connectivity index (χ4v) is 2.19. The van der Waals surface area contributed by atoms with Crippen molar-refractivity contribution < 1.29 is 9.53 Å². The first-order valence-electron chi connectivity index (χ1n) is 4.10. The average molecular weight is 207 g/mol. The SMILES string of the molecule is COc1ccc2scc(NC=O)c2c1. The molecule has 1 heterocycles. The quantitative estimate of drug-likeness (QED) is 0.785. The van der Waals surface area contributed by atoms with Crippen LogP contribution >= 0.6 is 11.3 Å². The van der Waals surface area contributed by atoms with E-state index < -0.39 is 0 Å². The number of carbonyl (C=O) groups is 1. The van der Waals surface area contributed by atoms with Crippen LogP contribution in [0.3, 0.4) is 0 Å². The molecule has 1 amide bonds. The molecule has 0 bridgehead atoms. The molecule has 0 aliphatic carbocycles. The van der Waals surface area contributed by atoms with E-state index >= 15 is 0 Å². The molecule has 3 nitrogen and oxygen atoms in total. The van der Waals surface area contributed by atoms with Crippen LogP contribution < -0.4 is 10.1 Å². The highest BCUT2D eigenvalue weighted by Crippen LogP contribution is 2.32. The molecular weight excluding hydrogens is 198 g/mol. The number of nitrogens with one attached hydrogen (secondary N) is 1. The summed E-state index contributed by atoms with van der Waals surface area (Å²) in [4.78, 5) is 10.3. The van der Waals surface area contributed by atoms with E-state index in [2.05, 4.69) is 5.32 Å². The summed E-state index contributed by atoms with van der Waals surface area (Å²) >= 11 is 1.60. The van der Waals surface area contributed by atoms with Crippen LogP contribution in [0.1, 0.15) is 0 Å². The molecule has 2 aromatic rings. The summed E-state index contributed by atoms with van der Waals surface area (Å²) in [6, 6.07) is 5.80. The molecule has 0 aliphatic rings. The molecule has 0 saturated heterocycles. The molecule has 0 saturated carbocycles. The first kappa shape index (κ1) is 9.02. The Morgan fingerprint density at radius 3 is 3.07 bits per heavy atom. The Morgan fingerprint density at radius 1 is 1.50 bits per heavy atom. The summed E-state index contributed by atoms with van der Waals surface area (Å²) < 4.78 is 6.25. The third-order valence-corrected chi connectivity index (χ3v) is 2.96. The van der Waals surface area contributed by atoms with Crippen molar-refractivity contribution in [1.29, 1.82) is 0 Å². The zero-order chi connectivity index (χ0) is 9.97. The van der Waals surface area contributed by atoms with Crippen LogP contribution in [0.15, 0.2) is 23.6 Å². The molecule has 1 N–H and O–H groups in total. The molecule has 1 aromatic heterocycles. The van der Waals surface area contributed by atoms with E-state index in [-0.39, 0.29) is 0 Å². The number of thiophene rings is 1. The number of hydrogen-bond acceptors (Lipinski definition) is 3. The van der Waals surface area contributed by atoms with Crippen molar-refractivity contribution >= 4 is 33.5 Å². The predicted molar refractivity (Wildman–Crippen MR) is 58.1 cm³/mol. The number of ether oxygens (including phenoxy) is 1. The van der Waals surface area contributed by atoms with Crippen LogP contribution in [-0.2, 0) is 4.79 Å². The molecule has 0 fully saturated rings. The highest BCUT2D eigenvalue weighted by atomic mass is 32.1. The number of methoxy groups -OCH3 is 1. The third-order valence-electron chi connectivity index (χ3n) is 2.00. The number of carbonyl (C=O) groups excluding carboxylic acids is 1. The smallest absolute Gasteiger partial charge is 0.211 e. The van der Waals surface area contributed by atoms with E-state index in [0.717, 1.165) is 21.5 Å². The minimum absolute atomic E-state index is 0.682. The number of benzene rings is 1. The van der Waals surface area contributed by atoms with E-state index in [1.165, 1.54) is 0 Å². The van der Waals surface area contributed by atoms with Crippen molar-refractivity contribution in [3.8, 4) is 5.75 Å². The lowest BCUT2D eigenvalue weighted by Gasteiger charge is -2.00. The number of rotatable bonds is 3. The highest BCUT2D eigenvalue weighted by molar-refractivity contribution is 7.17. The number of fused-ring (bicyclic) bond motifs is 1. The van der Waals surface area contributed by atoms with Crippen LogP contribution in [0.2, 0.25) is 0 Å².